The molecule has 0 aromatic rings. The second-order valence-electron chi connectivity index (χ2n) is 5.10. The molecule has 0 N–H and O–H groups in total. The van der Waals surface area contributed by atoms with Crippen LogP contribution in [0.2, 0.25) is 6.82 Å². The molecule has 0 heterocycles. The third kappa shape index (κ3) is 4.54. The molecular weight excluding hydrogens is 191 g/mol. The summed E-state index contributed by atoms with van der Waals surface area (Å²) in [4.78, 5) is 0. The zero-order valence-corrected chi connectivity index (χ0v) is 11.4. The molecule has 0 fully saturated rings. The molecule has 0 atom stereocenters. The van der Waals surface area contributed by atoms with Crippen molar-refractivity contribution in [2.75, 3.05) is 7.11 Å². The maximum absolute atomic E-state index is 5.86. The van der Waals surface area contributed by atoms with Gasteiger partial charge >= 0.3 is 7.12 Å². The minimum atomic E-state index is -0.393. The van der Waals surface area contributed by atoms with Crippen LogP contribution in [0.15, 0.2) is 0 Å². The molecular formula is C11H25BO3. The van der Waals surface area contributed by atoms with Gasteiger partial charge in [0.05, 0.1) is 11.2 Å². The SMILES string of the molecule is COC(C)(C)C(C)(C)OB(C)OC(C)C. The van der Waals surface area contributed by atoms with Crippen molar-refractivity contribution in [2.24, 2.45) is 0 Å². The van der Waals surface area contributed by atoms with E-state index in [0.717, 1.165) is 0 Å². The Balaban J connectivity index is 4.37. The highest BCUT2D eigenvalue weighted by atomic mass is 16.6. The smallest absolute Gasteiger partial charge is 0.409 e. The first kappa shape index (κ1) is 14.9. The lowest BCUT2D eigenvalue weighted by Gasteiger charge is -2.41. The topological polar surface area (TPSA) is 27.7 Å². The minimum Gasteiger partial charge on any atom is -0.409 e. The molecule has 0 aliphatic rings. The monoisotopic (exact) mass is 216 g/mol. The quantitative estimate of drug-likeness (QED) is 0.639. The molecule has 0 rings (SSSR count). The summed E-state index contributed by atoms with van der Waals surface area (Å²) in [6.07, 6.45) is 0.168. The van der Waals surface area contributed by atoms with E-state index >= 15 is 0 Å². The average molecular weight is 216 g/mol. The highest BCUT2D eigenvalue weighted by Crippen LogP contribution is 2.29. The summed E-state index contributed by atoms with van der Waals surface area (Å²) < 4.78 is 16.8. The third-order valence-corrected chi connectivity index (χ3v) is 2.88. The molecule has 15 heavy (non-hydrogen) atoms. The summed E-state index contributed by atoms with van der Waals surface area (Å²) in [6, 6.07) is 0. The molecule has 4 heteroatoms. The second kappa shape index (κ2) is 5.33. The van der Waals surface area contributed by atoms with Gasteiger partial charge in [0.2, 0.25) is 0 Å². The van der Waals surface area contributed by atoms with Crippen molar-refractivity contribution in [1.82, 2.24) is 0 Å². The highest BCUT2D eigenvalue weighted by molar-refractivity contribution is 6.42. The van der Waals surface area contributed by atoms with E-state index in [1.165, 1.54) is 0 Å². The number of hydrogen-bond donors (Lipinski definition) is 0. The Bertz CT molecular complexity index is 190. The molecule has 0 spiro atoms. The first-order valence-electron chi connectivity index (χ1n) is 5.51. The van der Waals surface area contributed by atoms with E-state index in [2.05, 4.69) is 0 Å². The second-order valence-corrected chi connectivity index (χ2v) is 5.10. The predicted molar refractivity (Wildman–Crippen MR) is 64.1 cm³/mol. The van der Waals surface area contributed by atoms with Crippen LogP contribution in [0.3, 0.4) is 0 Å². The Morgan fingerprint density at radius 3 is 1.80 bits per heavy atom. The van der Waals surface area contributed by atoms with Crippen LogP contribution in [-0.4, -0.2) is 31.5 Å². The van der Waals surface area contributed by atoms with E-state index in [1.807, 2.05) is 48.4 Å². The van der Waals surface area contributed by atoms with Crippen LogP contribution >= 0.6 is 0 Å². The Morgan fingerprint density at radius 2 is 1.47 bits per heavy atom. The zero-order chi connectivity index (χ0) is 12.3. The van der Waals surface area contributed by atoms with Crippen molar-refractivity contribution < 1.29 is 14.0 Å². The number of hydrogen-bond acceptors (Lipinski definition) is 3. The Hall–Kier alpha value is -0.0551. The van der Waals surface area contributed by atoms with Gasteiger partial charge in [-0.15, -0.1) is 0 Å². The van der Waals surface area contributed by atoms with Gasteiger partial charge in [-0.3, -0.25) is 0 Å². The maximum Gasteiger partial charge on any atom is 0.454 e. The predicted octanol–water partition coefficient (Wildman–Crippen LogP) is 2.75. The fraction of sp³-hybridized carbons (Fsp3) is 1.00. The highest BCUT2D eigenvalue weighted by Gasteiger charge is 2.40. The van der Waals surface area contributed by atoms with E-state index in [1.54, 1.807) is 7.11 Å². The van der Waals surface area contributed by atoms with Gasteiger partial charge in [-0.1, -0.05) is 0 Å². The van der Waals surface area contributed by atoms with Gasteiger partial charge in [0.15, 0.2) is 0 Å². The molecule has 0 aromatic carbocycles. The summed E-state index contributed by atoms with van der Waals surface area (Å²) in [5.74, 6) is 0. The lowest BCUT2D eigenvalue weighted by atomic mass is 9.84. The van der Waals surface area contributed by atoms with Crippen molar-refractivity contribution >= 4 is 7.12 Å². The van der Waals surface area contributed by atoms with Gasteiger partial charge in [0.25, 0.3) is 0 Å². The normalized spacial score (nSPS) is 13.4. The minimum absolute atomic E-state index is 0.168. The van der Waals surface area contributed by atoms with E-state index in [4.69, 9.17) is 14.0 Å². The molecule has 0 aliphatic carbocycles. The molecule has 0 aliphatic heterocycles. The molecule has 90 valence electrons. The van der Waals surface area contributed by atoms with Gasteiger partial charge < -0.3 is 14.0 Å². The fourth-order valence-electron chi connectivity index (χ4n) is 1.21. The molecule has 0 radical (unpaired) electrons. The van der Waals surface area contributed by atoms with E-state index in [0.29, 0.717) is 0 Å². The molecule has 0 saturated heterocycles. The zero-order valence-electron chi connectivity index (χ0n) is 11.4. The lowest BCUT2D eigenvalue weighted by molar-refractivity contribution is -0.125. The molecule has 0 saturated carbocycles. The van der Waals surface area contributed by atoms with Gasteiger partial charge in [-0.05, 0) is 48.4 Å². The van der Waals surface area contributed by atoms with Crippen molar-refractivity contribution in [2.45, 2.75) is 65.7 Å². The van der Waals surface area contributed by atoms with Gasteiger partial charge in [0.1, 0.15) is 0 Å². The standard InChI is InChI=1S/C11H25BO3/c1-9(2)14-12(7)15-11(5,6)10(3,4)13-8/h9H,1-8H3. The summed E-state index contributed by atoms with van der Waals surface area (Å²) in [6.45, 7) is 13.9. The molecule has 0 amide bonds. The molecule has 3 nitrogen and oxygen atoms in total. The van der Waals surface area contributed by atoms with Crippen LogP contribution in [0.4, 0.5) is 0 Å². The van der Waals surface area contributed by atoms with Crippen LogP contribution in [0.5, 0.6) is 0 Å². The summed E-state index contributed by atoms with van der Waals surface area (Å²) in [5, 5.41) is 0. The van der Waals surface area contributed by atoms with Crippen LogP contribution in [0.1, 0.15) is 41.5 Å². The molecule has 0 unspecified atom stereocenters. The van der Waals surface area contributed by atoms with Gasteiger partial charge in [-0.25, -0.2) is 0 Å². The molecule has 0 aromatic heterocycles. The third-order valence-electron chi connectivity index (χ3n) is 2.88. The van der Waals surface area contributed by atoms with Crippen LogP contribution < -0.4 is 0 Å². The van der Waals surface area contributed by atoms with E-state index in [-0.39, 0.29) is 18.8 Å². The van der Waals surface area contributed by atoms with Crippen LogP contribution in [0, 0.1) is 0 Å². The number of ether oxygens (including phenoxy) is 1. The van der Waals surface area contributed by atoms with E-state index < -0.39 is 5.60 Å². The Morgan fingerprint density at radius 1 is 1.00 bits per heavy atom. The Kier molecular flexibility index (Phi) is 5.31. The largest absolute Gasteiger partial charge is 0.454 e. The first-order chi connectivity index (χ1) is 6.62. The van der Waals surface area contributed by atoms with Crippen LogP contribution in [0.25, 0.3) is 0 Å². The van der Waals surface area contributed by atoms with Gasteiger partial charge in [-0.2, -0.15) is 0 Å². The summed E-state index contributed by atoms with van der Waals surface area (Å²) in [7, 11) is 1.47. The lowest BCUT2D eigenvalue weighted by Crippen LogP contribution is -2.51. The Labute approximate surface area is 94.6 Å². The maximum atomic E-state index is 5.86. The summed E-state index contributed by atoms with van der Waals surface area (Å²) in [5.41, 5.74) is -0.738. The van der Waals surface area contributed by atoms with Crippen molar-refractivity contribution in [3.8, 4) is 0 Å². The molecule has 0 bridgehead atoms. The fourth-order valence-corrected chi connectivity index (χ4v) is 1.21. The first-order valence-corrected chi connectivity index (χ1v) is 5.51. The average Bonchev–Trinajstić information content (AvgIpc) is 2.00. The van der Waals surface area contributed by atoms with Crippen molar-refractivity contribution in [3.05, 3.63) is 0 Å². The van der Waals surface area contributed by atoms with Crippen molar-refractivity contribution in [3.63, 3.8) is 0 Å². The van der Waals surface area contributed by atoms with Gasteiger partial charge in [0, 0.05) is 13.2 Å². The number of rotatable bonds is 6. The van der Waals surface area contributed by atoms with Crippen molar-refractivity contribution in [1.29, 1.82) is 0 Å². The van der Waals surface area contributed by atoms with E-state index in [9.17, 15) is 0 Å². The van der Waals surface area contributed by atoms with Crippen LogP contribution in [-0.2, 0) is 14.0 Å². The summed E-state index contributed by atoms with van der Waals surface area (Å²) >= 11 is 0. The number of methoxy groups -OCH3 is 1.